The molecule has 1 aromatic rings. The van der Waals surface area contributed by atoms with E-state index in [4.69, 9.17) is 0 Å². The Kier molecular flexibility index (Phi) is 3.41. The molecule has 0 unspecified atom stereocenters. The van der Waals surface area contributed by atoms with E-state index in [9.17, 15) is 9.18 Å². The van der Waals surface area contributed by atoms with Crippen LogP contribution < -0.4 is 0 Å². The SMILES string of the molecule is C=Cc1cc(Br)c(F)cc1C(=O)OC. The maximum Gasteiger partial charge on any atom is 0.338 e. The molecule has 0 saturated carbocycles. The van der Waals surface area contributed by atoms with Crippen molar-refractivity contribution in [1.82, 2.24) is 0 Å². The van der Waals surface area contributed by atoms with Crippen molar-refractivity contribution in [3.8, 4) is 0 Å². The highest BCUT2D eigenvalue weighted by atomic mass is 79.9. The number of carbonyl (C=O) groups excluding carboxylic acids is 1. The number of carbonyl (C=O) groups is 1. The van der Waals surface area contributed by atoms with Gasteiger partial charge >= 0.3 is 5.97 Å². The van der Waals surface area contributed by atoms with Gasteiger partial charge in [-0.05, 0) is 33.6 Å². The summed E-state index contributed by atoms with van der Waals surface area (Å²) in [5.74, 6) is -1.08. The Balaban J connectivity index is 3.34. The molecule has 0 saturated heterocycles. The predicted molar refractivity (Wildman–Crippen MR) is 55.5 cm³/mol. The van der Waals surface area contributed by atoms with Gasteiger partial charge in [-0.15, -0.1) is 0 Å². The third-order valence-electron chi connectivity index (χ3n) is 1.72. The van der Waals surface area contributed by atoms with Crippen LogP contribution in [0.5, 0.6) is 0 Å². The van der Waals surface area contributed by atoms with E-state index in [1.807, 2.05) is 0 Å². The van der Waals surface area contributed by atoms with Crippen LogP contribution >= 0.6 is 15.9 Å². The van der Waals surface area contributed by atoms with Crippen LogP contribution in [-0.2, 0) is 4.74 Å². The Bertz CT molecular complexity index is 388. The van der Waals surface area contributed by atoms with E-state index < -0.39 is 11.8 Å². The van der Waals surface area contributed by atoms with Gasteiger partial charge in [0.15, 0.2) is 0 Å². The molecule has 0 aliphatic rings. The molecule has 14 heavy (non-hydrogen) atoms. The zero-order valence-electron chi connectivity index (χ0n) is 7.51. The molecular weight excluding hydrogens is 251 g/mol. The molecular formula is C10H8BrFO2. The summed E-state index contributed by atoms with van der Waals surface area (Å²) >= 11 is 3.02. The van der Waals surface area contributed by atoms with E-state index in [1.165, 1.54) is 19.3 Å². The third kappa shape index (κ3) is 2.01. The fourth-order valence-electron chi connectivity index (χ4n) is 1.02. The molecule has 0 N–H and O–H groups in total. The monoisotopic (exact) mass is 258 g/mol. The van der Waals surface area contributed by atoms with Gasteiger partial charge in [-0.25, -0.2) is 9.18 Å². The largest absolute Gasteiger partial charge is 0.465 e. The molecule has 0 atom stereocenters. The second-order valence-electron chi connectivity index (χ2n) is 2.55. The lowest BCUT2D eigenvalue weighted by Gasteiger charge is -2.05. The molecule has 1 aromatic carbocycles. The topological polar surface area (TPSA) is 26.3 Å². The third-order valence-corrected chi connectivity index (χ3v) is 2.33. The molecule has 0 fully saturated rings. The fraction of sp³-hybridized carbons (Fsp3) is 0.100. The van der Waals surface area contributed by atoms with Gasteiger partial charge in [0, 0.05) is 0 Å². The Labute approximate surface area is 89.5 Å². The lowest BCUT2D eigenvalue weighted by Crippen LogP contribution is -2.04. The highest BCUT2D eigenvalue weighted by Crippen LogP contribution is 2.22. The lowest BCUT2D eigenvalue weighted by atomic mass is 10.1. The molecule has 1 rings (SSSR count). The first kappa shape index (κ1) is 10.9. The van der Waals surface area contributed by atoms with E-state index in [2.05, 4.69) is 27.2 Å². The summed E-state index contributed by atoms with van der Waals surface area (Å²) in [6.45, 7) is 3.53. The van der Waals surface area contributed by atoms with E-state index >= 15 is 0 Å². The minimum Gasteiger partial charge on any atom is -0.465 e. The van der Waals surface area contributed by atoms with Crippen LogP contribution in [0.15, 0.2) is 23.2 Å². The molecule has 0 heterocycles. The Morgan fingerprint density at radius 1 is 1.64 bits per heavy atom. The molecule has 4 heteroatoms. The molecule has 0 aliphatic heterocycles. The van der Waals surface area contributed by atoms with Gasteiger partial charge in [0.2, 0.25) is 0 Å². The van der Waals surface area contributed by atoms with Crippen molar-refractivity contribution >= 4 is 28.0 Å². The molecule has 0 spiro atoms. The summed E-state index contributed by atoms with van der Waals surface area (Å²) < 4.78 is 17.9. The molecule has 2 nitrogen and oxygen atoms in total. The Morgan fingerprint density at radius 3 is 2.79 bits per heavy atom. The van der Waals surface area contributed by atoms with Gasteiger partial charge in [-0.2, -0.15) is 0 Å². The molecule has 0 aromatic heterocycles. The Hall–Kier alpha value is -1.16. The van der Waals surface area contributed by atoms with Crippen LogP contribution in [0, 0.1) is 5.82 Å². The van der Waals surface area contributed by atoms with Gasteiger partial charge < -0.3 is 4.74 Å². The number of methoxy groups -OCH3 is 1. The summed E-state index contributed by atoms with van der Waals surface area (Å²) in [5.41, 5.74) is 0.702. The number of hydrogen-bond donors (Lipinski definition) is 0. The summed E-state index contributed by atoms with van der Waals surface area (Å²) in [7, 11) is 1.25. The van der Waals surface area contributed by atoms with Crippen molar-refractivity contribution in [2.75, 3.05) is 7.11 Å². The number of rotatable bonds is 2. The highest BCUT2D eigenvalue weighted by Gasteiger charge is 2.13. The highest BCUT2D eigenvalue weighted by molar-refractivity contribution is 9.10. The minimum absolute atomic E-state index is 0.170. The van der Waals surface area contributed by atoms with E-state index in [0.717, 1.165) is 6.07 Å². The average molecular weight is 259 g/mol. The van der Waals surface area contributed by atoms with Crippen LogP contribution in [0.1, 0.15) is 15.9 Å². The second-order valence-corrected chi connectivity index (χ2v) is 3.40. The molecule has 0 amide bonds. The van der Waals surface area contributed by atoms with Crippen LogP contribution in [0.25, 0.3) is 6.08 Å². The van der Waals surface area contributed by atoms with Crippen molar-refractivity contribution in [2.24, 2.45) is 0 Å². The fourth-order valence-corrected chi connectivity index (χ4v) is 1.38. The lowest BCUT2D eigenvalue weighted by molar-refractivity contribution is 0.0600. The summed E-state index contributed by atoms with van der Waals surface area (Å²) in [6.07, 6.45) is 1.47. The van der Waals surface area contributed by atoms with Crippen molar-refractivity contribution in [3.63, 3.8) is 0 Å². The maximum atomic E-state index is 13.1. The van der Waals surface area contributed by atoms with Gasteiger partial charge in [0.1, 0.15) is 5.82 Å². The molecule has 0 bridgehead atoms. The number of ether oxygens (including phenoxy) is 1. The summed E-state index contributed by atoms with van der Waals surface area (Å²) in [6, 6.07) is 2.60. The normalized spacial score (nSPS) is 9.64. The zero-order valence-corrected chi connectivity index (χ0v) is 9.10. The van der Waals surface area contributed by atoms with Crippen molar-refractivity contribution in [3.05, 3.63) is 40.1 Å². The van der Waals surface area contributed by atoms with Crippen LogP contribution in [0.2, 0.25) is 0 Å². The number of benzene rings is 1. The molecule has 74 valence electrons. The smallest absolute Gasteiger partial charge is 0.338 e. The van der Waals surface area contributed by atoms with Crippen molar-refractivity contribution in [1.29, 1.82) is 0 Å². The zero-order chi connectivity index (χ0) is 10.7. The number of halogens is 2. The van der Waals surface area contributed by atoms with Gasteiger partial charge in [0.05, 0.1) is 17.1 Å². The van der Waals surface area contributed by atoms with Crippen LogP contribution in [-0.4, -0.2) is 13.1 Å². The minimum atomic E-state index is -0.577. The van der Waals surface area contributed by atoms with E-state index in [-0.39, 0.29) is 5.56 Å². The quantitative estimate of drug-likeness (QED) is 0.763. The Morgan fingerprint density at radius 2 is 2.29 bits per heavy atom. The van der Waals surface area contributed by atoms with Crippen LogP contribution in [0.4, 0.5) is 4.39 Å². The maximum absolute atomic E-state index is 13.1. The molecule has 0 aliphatic carbocycles. The van der Waals surface area contributed by atoms with Crippen molar-refractivity contribution in [2.45, 2.75) is 0 Å². The summed E-state index contributed by atoms with van der Waals surface area (Å²) in [4.78, 5) is 11.2. The standard InChI is InChI=1S/C10H8BrFO2/c1-3-6-4-8(11)9(12)5-7(6)10(13)14-2/h3-5H,1H2,2H3. The van der Waals surface area contributed by atoms with Gasteiger partial charge in [-0.1, -0.05) is 12.7 Å². The summed E-state index contributed by atoms with van der Waals surface area (Å²) in [5, 5.41) is 0. The number of esters is 1. The van der Waals surface area contributed by atoms with Crippen molar-refractivity contribution < 1.29 is 13.9 Å². The predicted octanol–water partition coefficient (Wildman–Crippen LogP) is 3.02. The first-order valence-corrected chi connectivity index (χ1v) is 4.59. The van der Waals surface area contributed by atoms with Gasteiger partial charge in [-0.3, -0.25) is 0 Å². The average Bonchev–Trinajstić information content (AvgIpc) is 2.20. The second kappa shape index (κ2) is 4.37. The van der Waals surface area contributed by atoms with E-state index in [0.29, 0.717) is 10.0 Å². The van der Waals surface area contributed by atoms with Gasteiger partial charge in [0.25, 0.3) is 0 Å². The van der Waals surface area contributed by atoms with Crippen LogP contribution in [0.3, 0.4) is 0 Å². The first-order chi connectivity index (χ1) is 6.60. The number of hydrogen-bond acceptors (Lipinski definition) is 2. The van der Waals surface area contributed by atoms with E-state index in [1.54, 1.807) is 0 Å². The first-order valence-electron chi connectivity index (χ1n) is 3.80. The molecule has 0 radical (unpaired) electrons.